The summed E-state index contributed by atoms with van der Waals surface area (Å²) in [6.07, 6.45) is 5.01. The number of rotatable bonds is 7. The number of carbonyl (C=O) groups excluding carboxylic acids is 2. The summed E-state index contributed by atoms with van der Waals surface area (Å²) in [6, 6.07) is 15.3. The third kappa shape index (κ3) is 5.55. The second kappa shape index (κ2) is 9.53. The summed E-state index contributed by atoms with van der Waals surface area (Å²) in [6.45, 7) is 3.06. The molecule has 8 nitrogen and oxygen atoms in total. The predicted octanol–water partition coefficient (Wildman–Crippen LogP) is 2.28. The molecule has 3 aromatic rings. The number of hydrogen-bond donors (Lipinski definition) is 2. The molecule has 31 heavy (non-hydrogen) atoms. The molecule has 1 aliphatic rings. The molecule has 4 rings (SSSR count). The molecule has 8 heteroatoms. The quantitative estimate of drug-likeness (QED) is 0.612. The first-order valence-electron chi connectivity index (χ1n) is 10.4. The van der Waals surface area contributed by atoms with Gasteiger partial charge in [-0.3, -0.25) is 14.5 Å². The van der Waals surface area contributed by atoms with E-state index in [1.807, 2.05) is 48.5 Å². The van der Waals surface area contributed by atoms with Crippen LogP contribution in [0.15, 0.2) is 61.2 Å². The molecular formula is C23H26N6O2. The minimum Gasteiger partial charge on any atom is -0.369 e. The van der Waals surface area contributed by atoms with Crippen molar-refractivity contribution in [2.24, 2.45) is 11.7 Å². The van der Waals surface area contributed by atoms with Gasteiger partial charge in [0.15, 0.2) is 0 Å². The van der Waals surface area contributed by atoms with Crippen LogP contribution in [-0.4, -0.2) is 44.6 Å². The molecule has 1 atom stereocenters. The fourth-order valence-corrected chi connectivity index (χ4v) is 3.85. The lowest BCUT2D eigenvalue weighted by atomic mass is 9.97. The number of likely N-dealkylation sites (tertiary alicyclic amines) is 1. The van der Waals surface area contributed by atoms with Crippen LogP contribution in [0, 0.1) is 5.92 Å². The van der Waals surface area contributed by atoms with Crippen molar-refractivity contribution in [2.45, 2.75) is 25.9 Å². The summed E-state index contributed by atoms with van der Waals surface area (Å²) in [4.78, 5) is 30.2. The number of amides is 2. The van der Waals surface area contributed by atoms with Gasteiger partial charge in [0.25, 0.3) is 5.91 Å². The molecule has 2 aromatic carbocycles. The third-order valence-electron chi connectivity index (χ3n) is 5.55. The van der Waals surface area contributed by atoms with Gasteiger partial charge in [-0.1, -0.05) is 24.3 Å². The normalized spacial score (nSPS) is 16.7. The molecular weight excluding hydrogens is 392 g/mol. The first-order chi connectivity index (χ1) is 15.1. The van der Waals surface area contributed by atoms with Gasteiger partial charge in [0.1, 0.15) is 12.7 Å². The monoisotopic (exact) mass is 418 g/mol. The molecule has 1 unspecified atom stereocenters. The van der Waals surface area contributed by atoms with Crippen molar-refractivity contribution in [1.82, 2.24) is 19.7 Å². The van der Waals surface area contributed by atoms with Crippen molar-refractivity contribution < 1.29 is 9.59 Å². The molecule has 0 bridgehead atoms. The maximum absolute atomic E-state index is 12.6. The highest BCUT2D eigenvalue weighted by Gasteiger charge is 2.23. The Hall–Kier alpha value is -3.52. The highest BCUT2D eigenvalue weighted by molar-refractivity contribution is 6.04. The number of aromatic nitrogens is 3. The fraction of sp³-hybridized carbons (Fsp3) is 0.304. The van der Waals surface area contributed by atoms with Gasteiger partial charge in [0.05, 0.1) is 12.5 Å². The number of anilines is 1. The summed E-state index contributed by atoms with van der Waals surface area (Å²) in [7, 11) is 0. The van der Waals surface area contributed by atoms with E-state index in [2.05, 4.69) is 20.3 Å². The predicted molar refractivity (Wildman–Crippen MR) is 117 cm³/mol. The van der Waals surface area contributed by atoms with Crippen LogP contribution in [0.4, 0.5) is 5.69 Å². The molecule has 0 saturated carbocycles. The van der Waals surface area contributed by atoms with Crippen molar-refractivity contribution >= 4 is 17.5 Å². The number of primary amides is 1. The Bertz CT molecular complexity index is 1020. The SMILES string of the molecule is NC(=O)C1CCCN(Cc2ccc(NC(=O)c3ccc(Cn4cncn4)cc3)cc2)C1. The average Bonchev–Trinajstić information content (AvgIpc) is 3.29. The minimum atomic E-state index is -0.214. The number of nitrogens with one attached hydrogen (secondary N) is 1. The van der Waals surface area contributed by atoms with E-state index in [-0.39, 0.29) is 17.7 Å². The highest BCUT2D eigenvalue weighted by Crippen LogP contribution is 2.19. The smallest absolute Gasteiger partial charge is 0.255 e. The maximum Gasteiger partial charge on any atom is 0.255 e. The second-order valence-electron chi connectivity index (χ2n) is 7.92. The van der Waals surface area contributed by atoms with Crippen LogP contribution in [0.5, 0.6) is 0 Å². The standard InChI is InChI=1S/C23H26N6O2/c24-22(30)20-2-1-11-28(14-20)12-17-5-9-21(10-6-17)27-23(31)19-7-3-18(4-8-19)13-29-16-25-15-26-29/h3-10,15-16,20H,1-2,11-14H2,(H2,24,30)(H,27,31). The van der Waals surface area contributed by atoms with E-state index in [0.29, 0.717) is 18.7 Å². The Balaban J connectivity index is 1.31. The number of carbonyl (C=O) groups is 2. The van der Waals surface area contributed by atoms with E-state index in [9.17, 15) is 9.59 Å². The number of nitrogens with two attached hydrogens (primary N) is 1. The second-order valence-corrected chi connectivity index (χ2v) is 7.92. The Morgan fingerprint density at radius 1 is 1.03 bits per heavy atom. The van der Waals surface area contributed by atoms with Crippen LogP contribution in [0.3, 0.4) is 0 Å². The van der Waals surface area contributed by atoms with E-state index >= 15 is 0 Å². The van der Waals surface area contributed by atoms with Gasteiger partial charge in [-0.2, -0.15) is 5.10 Å². The van der Waals surface area contributed by atoms with Crippen molar-refractivity contribution in [3.05, 3.63) is 77.9 Å². The summed E-state index contributed by atoms with van der Waals surface area (Å²) in [5.74, 6) is -0.426. The zero-order valence-corrected chi connectivity index (χ0v) is 17.3. The van der Waals surface area contributed by atoms with Crippen LogP contribution >= 0.6 is 0 Å². The maximum atomic E-state index is 12.6. The number of hydrogen-bond acceptors (Lipinski definition) is 5. The van der Waals surface area contributed by atoms with E-state index in [1.165, 1.54) is 6.33 Å². The molecule has 1 saturated heterocycles. The Morgan fingerprint density at radius 2 is 1.74 bits per heavy atom. The zero-order valence-electron chi connectivity index (χ0n) is 17.3. The van der Waals surface area contributed by atoms with E-state index in [4.69, 9.17) is 5.73 Å². The molecule has 1 fully saturated rings. The molecule has 160 valence electrons. The van der Waals surface area contributed by atoms with Crippen molar-refractivity contribution in [3.63, 3.8) is 0 Å². The van der Waals surface area contributed by atoms with Gasteiger partial charge in [0, 0.05) is 24.3 Å². The van der Waals surface area contributed by atoms with E-state index < -0.39 is 0 Å². The van der Waals surface area contributed by atoms with Crippen molar-refractivity contribution in [3.8, 4) is 0 Å². The van der Waals surface area contributed by atoms with E-state index in [1.54, 1.807) is 11.0 Å². The van der Waals surface area contributed by atoms with Crippen LogP contribution in [0.1, 0.15) is 34.3 Å². The third-order valence-corrected chi connectivity index (χ3v) is 5.55. The molecule has 0 spiro atoms. The fourth-order valence-electron chi connectivity index (χ4n) is 3.85. The largest absolute Gasteiger partial charge is 0.369 e. The lowest BCUT2D eigenvalue weighted by Gasteiger charge is -2.31. The first-order valence-corrected chi connectivity index (χ1v) is 10.4. The first kappa shape index (κ1) is 20.7. The van der Waals surface area contributed by atoms with Gasteiger partial charge in [-0.15, -0.1) is 0 Å². The van der Waals surface area contributed by atoms with Crippen molar-refractivity contribution in [1.29, 1.82) is 0 Å². The lowest BCUT2D eigenvalue weighted by molar-refractivity contribution is -0.123. The van der Waals surface area contributed by atoms with Crippen LogP contribution in [-0.2, 0) is 17.9 Å². The molecule has 0 aliphatic carbocycles. The van der Waals surface area contributed by atoms with Gasteiger partial charge < -0.3 is 11.1 Å². The average molecular weight is 419 g/mol. The molecule has 1 aromatic heterocycles. The molecule has 3 N–H and O–H groups in total. The van der Waals surface area contributed by atoms with Crippen molar-refractivity contribution in [2.75, 3.05) is 18.4 Å². The van der Waals surface area contributed by atoms with E-state index in [0.717, 1.165) is 42.7 Å². The molecule has 0 radical (unpaired) electrons. The van der Waals surface area contributed by atoms with Crippen LogP contribution in [0.2, 0.25) is 0 Å². The molecule has 1 aliphatic heterocycles. The van der Waals surface area contributed by atoms with Crippen LogP contribution in [0.25, 0.3) is 0 Å². The van der Waals surface area contributed by atoms with Crippen LogP contribution < -0.4 is 11.1 Å². The number of piperidine rings is 1. The number of benzene rings is 2. The van der Waals surface area contributed by atoms with Gasteiger partial charge in [-0.25, -0.2) is 9.67 Å². The summed E-state index contributed by atoms with van der Waals surface area (Å²) in [5, 5.41) is 7.02. The summed E-state index contributed by atoms with van der Waals surface area (Å²) in [5.41, 5.74) is 8.99. The minimum absolute atomic E-state index is 0.0603. The Morgan fingerprint density at radius 3 is 2.42 bits per heavy atom. The molecule has 2 heterocycles. The van der Waals surface area contributed by atoms with Gasteiger partial charge >= 0.3 is 0 Å². The summed E-state index contributed by atoms with van der Waals surface area (Å²) >= 11 is 0. The van der Waals surface area contributed by atoms with Gasteiger partial charge in [0.2, 0.25) is 5.91 Å². The Labute approximate surface area is 181 Å². The summed E-state index contributed by atoms with van der Waals surface area (Å²) < 4.78 is 1.73. The van der Waals surface area contributed by atoms with Gasteiger partial charge in [-0.05, 0) is 54.8 Å². The Kier molecular flexibility index (Phi) is 6.37. The highest BCUT2D eigenvalue weighted by atomic mass is 16.2. The number of nitrogens with zero attached hydrogens (tertiary/aromatic N) is 4. The molecule has 2 amide bonds. The topological polar surface area (TPSA) is 106 Å². The zero-order chi connectivity index (χ0) is 21.6. The lowest BCUT2D eigenvalue weighted by Crippen LogP contribution is -2.40.